The van der Waals surface area contributed by atoms with Gasteiger partial charge in [0, 0.05) is 11.3 Å². The van der Waals surface area contributed by atoms with Crippen molar-refractivity contribution in [2.75, 3.05) is 13.2 Å². The van der Waals surface area contributed by atoms with Crippen molar-refractivity contribution in [1.29, 1.82) is 0 Å². The lowest BCUT2D eigenvalue weighted by molar-refractivity contribution is -0.168. The van der Waals surface area contributed by atoms with Crippen molar-refractivity contribution >= 4 is 51.8 Å². The second-order valence-corrected chi connectivity index (χ2v) is 14.2. The van der Waals surface area contributed by atoms with Gasteiger partial charge in [0.25, 0.3) is 5.91 Å². The van der Waals surface area contributed by atoms with Gasteiger partial charge in [0.15, 0.2) is 5.92 Å². The molecule has 2 fully saturated rings. The van der Waals surface area contributed by atoms with Crippen LogP contribution in [0.1, 0.15) is 46.0 Å². The number of benzene rings is 3. The Morgan fingerprint density at radius 2 is 1.09 bits per heavy atom. The molecule has 0 bridgehead atoms. The molecule has 0 spiro atoms. The summed E-state index contributed by atoms with van der Waals surface area (Å²) in [6.45, 7) is 0.226. The third-order valence-corrected chi connectivity index (χ3v) is 12.8. The zero-order valence-electron chi connectivity index (χ0n) is 24.7. The third kappa shape index (κ3) is 5.59. The highest BCUT2D eigenvalue weighted by Crippen LogP contribution is 2.51. The molecule has 8 heteroatoms. The van der Waals surface area contributed by atoms with Crippen LogP contribution in [-0.2, 0) is 28.7 Å². The molecule has 0 radical (unpaired) electrons. The first-order valence-electron chi connectivity index (χ1n) is 15.1. The number of carbonyl (C=O) groups is 4. The van der Waals surface area contributed by atoms with E-state index in [-0.39, 0.29) is 24.5 Å². The maximum atomic E-state index is 15.2. The Morgan fingerprint density at radius 1 is 0.674 bits per heavy atom. The van der Waals surface area contributed by atoms with E-state index in [0.717, 1.165) is 35.2 Å². The second kappa shape index (κ2) is 13.6. The van der Waals surface area contributed by atoms with E-state index in [0.29, 0.717) is 12.8 Å². The fourth-order valence-corrected chi connectivity index (χ4v) is 11.3. The second-order valence-electron chi connectivity index (χ2n) is 10.8. The Morgan fingerprint density at radius 3 is 1.51 bits per heavy atom. The monoisotopic (exact) mass is 599 g/mol. The van der Waals surface area contributed by atoms with Crippen molar-refractivity contribution in [3.63, 3.8) is 0 Å². The molecule has 3 aromatic rings. The summed E-state index contributed by atoms with van der Waals surface area (Å²) in [6.07, 6.45) is 4.07. The van der Waals surface area contributed by atoms with Crippen molar-refractivity contribution in [1.82, 2.24) is 4.90 Å². The Hall–Kier alpha value is -3.96. The molecule has 43 heavy (non-hydrogen) atoms. The van der Waals surface area contributed by atoms with Crippen LogP contribution in [0.3, 0.4) is 0 Å². The summed E-state index contributed by atoms with van der Waals surface area (Å²) < 4.78 is 11.0. The van der Waals surface area contributed by atoms with Gasteiger partial charge in [-0.1, -0.05) is 110 Å². The minimum Gasteiger partial charge on any atom is -0.465 e. The van der Waals surface area contributed by atoms with E-state index in [9.17, 15) is 14.4 Å². The first kappa shape index (κ1) is 30.5. The number of nitrogens with zero attached hydrogens (tertiary/aromatic N) is 1. The van der Waals surface area contributed by atoms with Gasteiger partial charge in [-0.05, 0) is 49.5 Å². The van der Waals surface area contributed by atoms with E-state index in [4.69, 9.17) is 9.47 Å². The van der Waals surface area contributed by atoms with E-state index in [1.54, 1.807) is 13.8 Å². The molecule has 3 aromatic carbocycles. The predicted octanol–water partition coefficient (Wildman–Crippen LogP) is 4.21. The number of rotatable bonds is 8. The van der Waals surface area contributed by atoms with Gasteiger partial charge in [0.2, 0.25) is 5.91 Å². The van der Waals surface area contributed by atoms with Crippen LogP contribution in [0.4, 0.5) is 0 Å². The third-order valence-electron chi connectivity index (χ3n) is 8.38. The molecule has 2 atom stereocenters. The number of likely N-dealkylation sites (tertiary alicyclic amines) is 1. The quantitative estimate of drug-likeness (QED) is 0.167. The van der Waals surface area contributed by atoms with Crippen molar-refractivity contribution < 1.29 is 28.7 Å². The smallest absolute Gasteiger partial charge is 0.319 e. The molecule has 1 heterocycles. The highest BCUT2D eigenvalue weighted by Gasteiger charge is 2.57. The number of hydrogen-bond donors (Lipinski definition) is 0. The topological polar surface area (TPSA) is 90.0 Å². The predicted molar refractivity (Wildman–Crippen MR) is 169 cm³/mol. The normalized spacial score (nSPS) is 19.7. The average molecular weight is 600 g/mol. The minimum atomic E-state index is -3.16. The van der Waals surface area contributed by atoms with Crippen LogP contribution in [0, 0.1) is 11.8 Å². The molecule has 2 amide bonds. The van der Waals surface area contributed by atoms with Crippen molar-refractivity contribution in [3.05, 3.63) is 91.0 Å². The highest BCUT2D eigenvalue weighted by atomic mass is 31.2. The van der Waals surface area contributed by atoms with Crippen LogP contribution in [0.15, 0.2) is 91.0 Å². The molecule has 1 saturated carbocycles. The van der Waals surface area contributed by atoms with Gasteiger partial charge in [0.1, 0.15) is 5.92 Å². The van der Waals surface area contributed by atoms with Crippen molar-refractivity contribution in [2.45, 2.75) is 52.0 Å². The van der Waals surface area contributed by atoms with Crippen LogP contribution in [0.25, 0.3) is 0 Å². The molecular weight excluding hydrogens is 561 g/mol. The molecule has 1 aliphatic carbocycles. The summed E-state index contributed by atoms with van der Waals surface area (Å²) in [5.74, 6) is -5.75. The zero-order valence-corrected chi connectivity index (χ0v) is 25.6. The summed E-state index contributed by atoms with van der Waals surface area (Å²) in [5.41, 5.74) is 0. The molecule has 224 valence electrons. The van der Waals surface area contributed by atoms with E-state index in [2.05, 4.69) is 0 Å². The highest BCUT2D eigenvalue weighted by molar-refractivity contribution is 7.96. The summed E-state index contributed by atoms with van der Waals surface area (Å²) in [7, 11) is 0. The first-order valence-corrected chi connectivity index (χ1v) is 16.9. The van der Waals surface area contributed by atoms with Gasteiger partial charge in [-0.3, -0.25) is 24.1 Å². The van der Waals surface area contributed by atoms with Gasteiger partial charge in [0.05, 0.1) is 13.2 Å². The summed E-state index contributed by atoms with van der Waals surface area (Å²) >= 11 is 0. The zero-order chi connectivity index (χ0) is 30.4. The molecule has 2 unspecified atom stereocenters. The van der Waals surface area contributed by atoms with Gasteiger partial charge >= 0.3 is 11.9 Å². The number of imide groups is 1. The molecule has 2 aliphatic rings. The van der Waals surface area contributed by atoms with E-state index in [1.807, 2.05) is 91.0 Å². The molecule has 0 aromatic heterocycles. The van der Waals surface area contributed by atoms with Crippen LogP contribution in [0.5, 0.6) is 0 Å². The lowest BCUT2D eigenvalue weighted by atomic mass is 9.81. The number of hydrogen-bond acceptors (Lipinski definition) is 6. The number of amides is 2. The molecule has 1 saturated heterocycles. The Bertz CT molecular complexity index is 1410. The molecule has 7 nitrogen and oxygen atoms in total. The van der Waals surface area contributed by atoms with E-state index in [1.165, 1.54) is 4.90 Å². The molecular formula is C35H38NO6P. The maximum Gasteiger partial charge on any atom is 0.319 e. The lowest BCUT2D eigenvalue weighted by Gasteiger charge is -2.44. The number of esters is 2. The molecule has 5 rings (SSSR count). The summed E-state index contributed by atoms with van der Waals surface area (Å²) in [4.78, 5) is 58.7. The fourth-order valence-electron chi connectivity index (χ4n) is 6.61. The Balaban J connectivity index is 2.00. The van der Waals surface area contributed by atoms with Gasteiger partial charge in [-0.2, -0.15) is 0 Å². The van der Waals surface area contributed by atoms with Gasteiger partial charge < -0.3 is 9.47 Å². The van der Waals surface area contributed by atoms with Crippen molar-refractivity contribution in [3.8, 4) is 0 Å². The molecule has 1 aliphatic heterocycles. The van der Waals surface area contributed by atoms with Crippen molar-refractivity contribution in [2.24, 2.45) is 11.8 Å². The largest absolute Gasteiger partial charge is 0.465 e. The first-order chi connectivity index (χ1) is 21.0. The van der Waals surface area contributed by atoms with Gasteiger partial charge in [-0.25, -0.2) is 0 Å². The fraction of sp³-hybridized carbons (Fsp3) is 0.343. The number of piperidine rings is 1. The average Bonchev–Trinajstić information content (AvgIpc) is 3.04. The summed E-state index contributed by atoms with van der Waals surface area (Å²) in [6, 6.07) is 28.6. The van der Waals surface area contributed by atoms with Gasteiger partial charge in [-0.15, -0.1) is 0 Å². The van der Waals surface area contributed by atoms with E-state index < -0.39 is 42.5 Å². The van der Waals surface area contributed by atoms with Crippen LogP contribution < -0.4 is 15.9 Å². The lowest BCUT2D eigenvalue weighted by Crippen LogP contribution is -2.63. The maximum absolute atomic E-state index is 15.2. The Kier molecular flexibility index (Phi) is 9.62. The number of carbonyl (C=O) groups excluding carboxylic acids is 4. The van der Waals surface area contributed by atoms with E-state index >= 15 is 4.79 Å². The standard InChI is InChI=1S/C35H38NO6P/c1-3-41-34(39)29-30(35(40)42-4-2)32(37)36(25-17-9-5-10-18-25)33(38)31(29)43(26-19-11-6-12-20-26,27-21-13-7-14-22-27)28-23-15-8-16-24-28/h6-8,11-16,19-25,29-30H,3-5,9-10,17-18H2,1-2H3. The number of ether oxygens (including phenoxy) is 2. The summed E-state index contributed by atoms with van der Waals surface area (Å²) in [5, 5.41) is 2.75. The Labute approximate surface area is 253 Å². The minimum absolute atomic E-state index is 0.0281. The SMILES string of the molecule is CCOC(=O)C1C(=O)N(C2CCCCC2)C(=O)C(=P(c2ccccc2)(c2ccccc2)c2ccccc2)C1C(=O)OCC. The van der Waals surface area contributed by atoms with Crippen LogP contribution in [0.2, 0.25) is 0 Å². The molecule has 0 N–H and O–H groups in total. The van der Waals surface area contributed by atoms with Crippen LogP contribution >= 0.6 is 6.89 Å². The van der Waals surface area contributed by atoms with Crippen LogP contribution in [-0.4, -0.2) is 53.2 Å².